The maximum absolute atomic E-state index is 13.5. The number of allylic oxidation sites excluding steroid dienone is 1. The second kappa shape index (κ2) is 13.2. The highest BCUT2D eigenvalue weighted by Crippen LogP contribution is 2.47. The van der Waals surface area contributed by atoms with E-state index < -0.39 is 12.0 Å². The average molecular weight is 558 g/mol. The molecule has 2 unspecified atom stereocenters. The van der Waals surface area contributed by atoms with Crippen LogP contribution in [-0.4, -0.2) is 79.9 Å². The number of methoxy groups -OCH3 is 2. The summed E-state index contributed by atoms with van der Waals surface area (Å²) in [7, 11) is 3.12. The maximum Gasteiger partial charge on any atom is 0.338 e. The number of nitrogens with zero attached hydrogens (tertiary/aromatic N) is 3. The first-order valence-corrected chi connectivity index (χ1v) is 13.9. The molecule has 210 valence electrons. The Morgan fingerprint density at radius 3 is 2.67 bits per heavy atom. The molecule has 4 rings (SSSR count). The molecule has 0 spiro atoms. The van der Waals surface area contributed by atoms with Crippen LogP contribution in [0.2, 0.25) is 0 Å². The standard InChI is InChI=1S/C28H35N3O7S/c1-5-37-26(33)19-9-8-12-30(16-19)23(32)15-20-17-39-28-29-18(2)24(27(34)38-14-13-35-3)25(31(20)28)21-10-6-7-11-22(21)36-4/h6-7,10-11,17,19,25H,5,8-9,12-16H2,1-4H3. The first kappa shape index (κ1) is 28.7. The first-order valence-electron chi connectivity index (χ1n) is 13.1. The zero-order valence-corrected chi connectivity index (χ0v) is 23.6. The number of carbonyl (C=O) groups is 3. The van der Waals surface area contributed by atoms with Gasteiger partial charge in [0.1, 0.15) is 12.4 Å². The molecule has 2 atom stereocenters. The number of carbonyl (C=O) groups excluding carboxylic acids is 3. The topological polar surface area (TPSA) is 107 Å². The summed E-state index contributed by atoms with van der Waals surface area (Å²) in [6, 6.07) is 6.88. The minimum absolute atomic E-state index is 0.0913. The summed E-state index contributed by atoms with van der Waals surface area (Å²) >= 11 is 1.41. The normalized spacial score (nSPS) is 20.7. The number of esters is 2. The summed E-state index contributed by atoms with van der Waals surface area (Å²) in [5, 5.41) is 2.57. The highest BCUT2D eigenvalue weighted by molar-refractivity contribution is 8.16. The maximum atomic E-state index is 13.5. The number of fused-ring (bicyclic) bond motifs is 1. The third kappa shape index (κ3) is 6.30. The van der Waals surface area contributed by atoms with E-state index in [1.54, 1.807) is 33.0 Å². The molecule has 3 aliphatic heterocycles. The van der Waals surface area contributed by atoms with E-state index >= 15 is 0 Å². The van der Waals surface area contributed by atoms with E-state index in [0.29, 0.717) is 54.0 Å². The minimum Gasteiger partial charge on any atom is -0.496 e. The Morgan fingerprint density at radius 2 is 1.92 bits per heavy atom. The van der Waals surface area contributed by atoms with E-state index in [2.05, 4.69) is 0 Å². The van der Waals surface area contributed by atoms with Crippen molar-refractivity contribution >= 4 is 34.8 Å². The Kier molecular flexibility index (Phi) is 9.68. The number of piperidine rings is 1. The fourth-order valence-corrected chi connectivity index (χ4v) is 6.00. The Labute approximate surface area is 233 Å². The van der Waals surface area contributed by atoms with Crippen molar-refractivity contribution in [1.29, 1.82) is 0 Å². The molecule has 0 saturated carbocycles. The van der Waals surface area contributed by atoms with Crippen LogP contribution in [0.4, 0.5) is 0 Å². The van der Waals surface area contributed by atoms with Crippen molar-refractivity contribution in [1.82, 2.24) is 9.80 Å². The van der Waals surface area contributed by atoms with Gasteiger partial charge < -0.3 is 28.7 Å². The van der Waals surface area contributed by atoms with Crippen molar-refractivity contribution in [2.24, 2.45) is 10.9 Å². The number of thioether (sulfide) groups is 1. The molecule has 0 radical (unpaired) electrons. The van der Waals surface area contributed by atoms with Crippen molar-refractivity contribution < 1.29 is 33.3 Å². The predicted octanol–water partition coefficient (Wildman–Crippen LogP) is 3.65. The van der Waals surface area contributed by atoms with Crippen molar-refractivity contribution in [3.8, 4) is 5.75 Å². The van der Waals surface area contributed by atoms with Gasteiger partial charge in [-0.2, -0.15) is 0 Å². The number of amides is 1. The number of hydrogen-bond acceptors (Lipinski definition) is 10. The molecule has 0 N–H and O–H groups in total. The molecule has 1 aromatic rings. The Balaban J connectivity index is 1.62. The smallest absolute Gasteiger partial charge is 0.338 e. The molecule has 1 saturated heterocycles. The quantitative estimate of drug-likeness (QED) is 0.315. The van der Waals surface area contributed by atoms with Gasteiger partial charge in [-0.1, -0.05) is 30.0 Å². The molecule has 0 aromatic heterocycles. The van der Waals surface area contributed by atoms with Gasteiger partial charge in [-0.15, -0.1) is 0 Å². The number of ether oxygens (including phenoxy) is 4. The summed E-state index contributed by atoms with van der Waals surface area (Å²) in [6.07, 6.45) is 1.54. The van der Waals surface area contributed by atoms with Crippen molar-refractivity contribution in [2.45, 2.75) is 39.2 Å². The lowest BCUT2D eigenvalue weighted by molar-refractivity contribution is -0.151. The van der Waals surface area contributed by atoms with Gasteiger partial charge in [0.25, 0.3) is 0 Å². The summed E-state index contributed by atoms with van der Waals surface area (Å²) in [4.78, 5) is 47.5. The number of amidine groups is 1. The van der Waals surface area contributed by atoms with E-state index in [-0.39, 0.29) is 37.4 Å². The second-order valence-corrected chi connectivity index (χ2v) is 10.2. The van der Waals surface area contributed by atoms with Crippen LogP contribution in [0.5, 0.6) is 5.75 Å². The summed E-state index contributed by atoms with van der Waals surface area (Å²) < 4.78 is 21.4. The van der Waals surface area contributed by atoms with Crippen molar-refractivity contribution in [3.05, 3.63) is 52.2 Å². The van der Waals surface area contributed by atoms with Gasteiger partial charge in [-0.25, -0.2) is 9.79 Å². The van der Waals surface area contributed by atoms with E-state index in [1.807, 2.05) is 34.6 Å². The van der Waals surface area contributed by atoms with Gasteiger partial charge in [0.15, 0.2) is 5.17 Å². The Hall–Kier alpha value is -3.31. The number of aliphatic imine (C=N–C) groups is 1. The second-order valence-electron chi connectivity index (χ2n) is 9.37. The number of hydrogen-bond donors (Lipinski definition) is 0. The predicted molar refractivity (Wildman–Crippen MR) is 147 cm³/mol. The van der Waals surface area contributed by atoms with E-state index in [4.69, 9.17) is 23.9 Å². The largest absolute Gasteiger partial charge is 0.496 e. The number of benzene rings is 1. The Morgan fingerprint density at radius 1 is 1.13 bits per heavy atom. The molecule has 39 heavy (non-hydrogen) atoms. The van der Waals surface area contributed by atoms with Crippen LogP contribution in [0.25, 0.3) is 0 Å². The lowest BCUT2D eigenvalue weighted by Crippen LogP contribution is -2.44. The molecular weight excluding hydrogens is 522 g/mol. The molecule has 10 nitrogen and oxygen atoms in total. The number of likely N-dealkylation sites (tertiary alicyclic amines) is 1. The first-order chi connectivity index (χ1) is 18.9. The number of para-hydroxylation sites is 1. The molecule has 11 heteroatoms. The zero-order chi connectivity index (χ0) is 27.9. The third-order valence-electron chi connectivity index (χ3n) is 6.90. The Bertz CT molecular complexity index is 1200. The van der Waals surface area contributed by atoms with Crippen molar-refractivity contribution in [2.75, 3.05) is 47.1 Å². The highest BCUT2D eigenvalue weighted by Gasteiger charge is 2.43. The fraction of sp³-hybridized carbons (Fsp3) is 0.500. The summed E-state index contributed by atoms with van der Waals surface area (Å²) in [5.41, 5.74) is 2.39. The highest BCUT2D eigenvalue weighted by atomic mass is 32.2. The van der Waals surface area contributed by atoms with Crippen LogP contribution in [-0.2, 0) is 28.6 Å². The van der Waals surface area contributed by atoms with Gasteiger partial charge in [0.2, 0.25) is 5.91 Å². The molecule has 3 aliphatic rings. The van der Waals surface area contributed by atoms with Crippen LogP contribution >= 0.6 is 11.8 Å². The van der Waals surface area contributed by atoms with E-state index in [9.17, 15) is 14.4 Å². The zero-order valence-electron chi connectivity index (χ0n) is 22.8. The minimum atomic E-state index is -0.605. The van der Waals surface area contributed by atoms with Gasteiger partial charge in [0, 0.05) is 31.5 Å². The van der Waals surface area contributed by atoms with E-state index in [1.165, 1.54) is 11.8 Å². The van der Waals surface area contributed by atoms with Gasteiger partial charge in [-0.05, 0) is 38.2 Å². The van der Waals surface area contributed by atoms with Crippen molar-refractivity contribution in [3.63, 3.8) is 0 Å². The average Bonchev–Trinajstić information content (AvgIpc) is 3.34. The molecule has 1 aromatic carbocycles. The third-order valence-corrected chi connectivity index (χ3v) is 7.79. The summed E-state index contributed by atoms with van der Waals surface area (Å²) in [6.45, 7) is 5.18. The van der Waals surface area contributed by atoms with Gasteiger partial charge >= 0.3 is 11.9 Å². The molecular formula is C28H35N3O7S. The monoisotopic (exact) mass is 557 g/mol. The summed E-state index contributed by atoms with van der Waals surface area (Å²) in [5.74, 6) is -0.563. The van der Waals surface area contributed by atoms with Crippen LogP contribution < -0.4 is 4.74 Å². The molecule has 3 heterocycles. The van der Waals surface area contributed by atoms with Crippen LogP contribution in [0.1, 0.15) is 44.7 Å². The number of rotatable bonds is 10. The molecule has 1 fully saturated rings. The van der Waals surface area contributed by atoms with Crippen LogP contribution in [0, 0.1) is 5.92 Å². The van der Waals surface area contributed by atoms with Gasteiger partial charge in [-0.3, -0.25) is 9.59 Å². The molecule has 0 bridgehead atoms. The lowest BCUT2D eigenvalue weighted by Gasteiger charge is -2.37. The SMILES string of the molecule is CCOC(=O)C1CCCN(C(=O)CC2=CSC3=NC(C)=C(C(=O)OCCOC)C(c4ccccc4OC)N23)C1. The van der Waals surface area contributed by atoms with Crippen LogP contribution in [0.15, 0.2) is 51.6 Å². The fourth-order valence-electron chi connectivity index (χ4n) is 5.04. The molecule has 1 amide bonds. The van der Waals surface area contributed by atoms with Gasteiger partial charge in [0.05, 0.1) is 50.0 Å². The lowest BCUT2D eigenvalue weighted by atomic mass is 9.93. The van der Waals surface area contributed by atoms with E-state index in [0.717, 1.165) is 12.0 Å². The molecule has 0 aliphatic carbocycles. The van der Waals surface area contributed by atoms with Crippen LogP contribution in [0.3, 0.4) is 0 Å².